The Morgan fingerprint density at radius 2 is 2.04 bits per heavy atom. The molecule has 1 fully saturated rings. The fraction of sp³-hybridized carbons (Fsp3) is 0.444. The molecule has 0 unspecified atom stereocenters. The second kappa shape index (κ2) is 7.23. The monoisotopic (exact) mass is 329 g/mol. The molecule has 0 aromatic carbocycles. The van der Waals surface area contributed by atoms with Crippen LogP contribution in [0.5, 0.6) is 0 Å². The topological polar surface area (TPSA) is 36.4 Å². The van der Waals surface area contributed by atoms with Crippen molar-refractivity contribution in [2.45, 2.75) is 26.8 Å². The largest absolute Gasteiger partial charge is 0.335 e. The van der Waals surface area contributed by atoms with E-state index < -0.39 is 0 Å². The molecule has 0 radical (unpaired) electrons. The lowest BCUT2D eigenvalue weighted by molar-refractivity contribution is 0.0631. The zero-order valence-electron chi connectivity index (χ0n) is 13.8. The summed E-state index contributed by atoms with van der Waals surface area (Å²) in [6.45, 7) is 8.51. The molecule has 3 heterocycles. The van der Waals surface area contributed by atoms with Crippen LogP contribution in [-0.4, -0.2) is 46.9 Å². The fourth-order valence-electron chi connectivity index (χ4n) is 2.96. The molecule has 0 aliphatic carbocycles. The van der Waals surface area contributed by atoms with E-state index in [1.807, 2.05) is 29.3 Å². The number of aromatic nitrogens is 1. The molecule has 1 aliphatic rings. The van der Waals surface area contributed by atoms with Gasteiger partial charge in [0.2, 0.25) is 0 Å². The van der Waals surface area contributed by atoms with E-state index in [9.17, 15) is 4.79 Å². The van der Waals surface area contributed by atoms with Crippen LogP contribution in [0.15, 0.2) is 30.5 Å². The minimum Gasteiger partial charge on any atom is -0.335 e. The van der Waals surface area contributed by atoms with Crippen molar-refractivity contribution in [3.8, 4) is 0 Å². The van der Waals surface area contributed by atoms with Gasteiger partial charge in [0.15, 0.2) is 0 Å². The van der Waals surface area contributed by atoms with Crippen LogP contribution in [0, 0.1) is 6.92 Å². The SMILES string of the molecule is CCc1sc(C(=O)N2CCN(Cc3ccccn3)CC2)cc1C. The summed E-state index contributed by atoms with van der Waals surface area (Å²) >= 11 is 1.65. The standard InChI is InChI=1S/C18H23N3OS/c1-3-16-14(2)12-17(23-16)18(22)21-10-8-20(9-11-21)13-15-6-4-5-7-19-15/h4-7,12H,3,8-11,13H2,1-2H3. The smallest absolute Gasteiger partial charge is 0.264 e. The first-order valence-corrected chi connectivity index (χ1v) is 9.00. The summed E-state index contributed by atoms with van der Waals surface area (Å²) in [5.74, 6) is 0.190. The Bertz CT molecular complexity index is 660. The van der Waals surface area contributed by atoms with E-state index in [0.29, 0.717) is 0 Å². The van der Waals surface area contributed by atoms with E-state index in [0.717, 1.165) is 49.7 Å². The Morgan fingerprint density at radius 3 is 2.65 bits per heavy atom. The zero-order valence-corrected chi connectivity index (χ0v) is 14.6. The van der Waals surface area contributed by atoms with Gasteiger partial charge in [-0.25, -0.2) is 0 Å². The van der Waals surface area contributed by atoms with Gasteiger partial charge in [-0.05, 0) is 37.1 Å². The number of nitrogens with zero attached hydrogens (tertiary/aromatic N) is 3. The number of amides is 1. The van der Waals surface area contributed by atoms with Gasteiger partial charge in [0, 0.05) is 43.8 Å². The number of rotatable bonds is 4. The van der Waals surface area contributed by atoms with Crippen molar-refractivity contribution in [2.75, 3.05) is 26.2 Å². The molecular weight excluding hydrogens is 306 g/mol. The second-order valence-electron chi connectivity index (χ2n) is 5.96. The van der Waals surface area contributed by atoms with Gasteiger partial charge in [-0.2, -0.15) is 0 Å². The molecule has 2 aromatic rings. The molecule has 0 saturated carbocycles. The molecule has 1 amide bonds. The molecule has 4 nitrogen and oxygen atoms in total. The Labute approximate surface area is 141 Å². The summed E-state index contributed by atoms with van der Waals surface area (Å²) in [5, 5.41) is 0. The van der Waals surface area contributed by atoms with Crippen molar-refractivity contribution in [2.24, 2.45) is 0 Å². The maximum atomic E-state index is 12.7. The number of aryl methyl sites for hydroxylation is 2. The molecule has 122 valence electrons. The lowest BCUT2D eigenvalue weighted by Gasteiger charge is -2.34. The maximum Gasteiger partial charge on any atom is 0.264 e. The first-order valence-electron chi connectivity index (χ1n) is 8.18. The highest BCUT2D eigenvalue weighted by Gasteiger charge is 2.23. The van der Waals surface area contributed by atoms with E-state index >= 15 is 0 Å². The summed E-state index contributed by atoms with van der Waals surface area (Å²) in [5.41, 5.74) is 2.34. The van der Waals surface area contributed by atoms with Crippen molar-refractivity contribution < 1.29 is 4.79 Å². The van der Waals surface area contributed by atoms with E-state index in [1.165, 1.54) is 10.4 Å². The molecule has 0 bridgehead atoms. The van der Waals surface area contributed by atoms with Crippen LogP contribution in [0.25, 0.3) is 0 Å². The van der Waals surface area contributed by atoms with Gasteiger partial charge in [-0.1, -0.05) is 13.0 Å². The van der Waals surface area contributed by atoms with Gasteiger partial charge in [0.25, 0.3) is 5.91 Å². The van der Waals surface area contributed by atoms with Gasteiger partial charge in [0.05, 0.1) is 10.6 Å². The normalized spacial score (nSPS) is 15.8. The van der Waals surface area contributed by atoms with Gasteiger partial charge in [-0.15, -0.1) is 11.3 Å². The zero-order chi connectivity index (χ0) is 16.2. The number of carbonyl (C=O) groups excluding carboxylic acids is 1. The average molecular weight is 329 g/mol. The van der Waals surface area contributed by atoms with Crippen LogP contribution in [0.3, 0.4) is 0 Å². The summed E-state index contributed by atoms with van der Waals surface area (Å²) in [6.07, 6.45) is 2.83. The van der Waals surface area contributed by atoms with E-state index in [4.69, 9.17) is 0 Å². The van der Waals surface area contributed by atoms with Crippen molar-refractivity contribution in [3.63, 3.8) is 0 Å². The summed E-state index contributed by atoms with van der Waals surface area (Å²) < 4.78 is 0. The third-order valence-corrected chi connectivity index (χ3v) is 5.69. The molecule has 0 spiro atoms. The van der Waals surface area contributed by atoms with Gasteiger partial charge < -0.3 is 4.90 Å². The maximum absolute atomic E-state index is 12.7. The van der Waals surface area contributed by atoms with Crippen LogP contribution in [0.4, 0.5) is 0 Å². The Kier molecular flexibility index (Phi) is 5.08. The van der Waals surface area contributed by atoms with Gasteiger partial charge in [0.1, 0.15) is 0 Å². The first kappa shape index (κ1) is 16.1. The minimum absolute atomic E-state index is 0.190. The predicted molar refractivity (Wildman–Crippen MR) is 93.9 cm³/mol. The summed E-state index contributed by atoms with van der Waals surface area (Å²) in [4.78, 5) is 23.6. The first-order chi connectivity index (χ1) is 11.2. The van der Waals surface area contributed by atoms with Crippen molar-refractivity contribution in [1.29, 1.82) is 0 Å². The van der Waals surface area contributed by atoms with Crippen molar-refractivity contribution in [3.05, 3.63) is 51.5 Å². The van der Waals surface area contributed by atoms with Crippen LogP contribution in [0.1, 0.15) is 32.7 Å². The van der Waals surface area contributed by atoms with Crippen LogP contribution < -0.4 is 0 Å². The van der Waals surface area contributed by atoms with E-state index in [1.54, 1.807) is 11.3 Å². The number of thiophene rings is 1. The molecule has 2 aromatic heterocycles. The Morgan fingerprint density at radius 1 is 1.26 bits per heavy atom. The lowest BCUT2D eigenvalue weighted by atomic mass is 10.2. The number of hydrogen-bond donors (Lipinski definition) is 0. The molecule has 1 saturated heterocycles. The second-order valence-corrected chi connectivity index (χ2v) is 7.10. The lowest BCUT2D eigenvalue weighted by Crippen LogP contribution is -2.48. The van der Waals surface area contributed by atoms with E-state index in [2.05, 4.69) is 29.8 Å². The van der Waals surface area contributed by atoms with Crippen LogP contribution in [0.2, 0.25) is 0 Å². The van der Waals surface area contributed by atoms with Crippen molar-refractivity contribution >= 4 is 17.2 Å². The highest BCUT2D eigenvalue weighted by Crippen LogP contribution is 2.24. The number of carbonyl (C=O) groups is 1. The van der Waals surface area contributed by atoms with Gasteiger partial charge >= 0.3 is 0 Å². The summed E-state index contributed by atoms with van der Waals surface area (Å²) in [6, 6.07) is 8.06. The molecule has 23 heavy (non-hydrogen) atoms. The van der Waals surface area contributed by atoms with Gasteiger partial charge in [-0.3, -0.25) is 14.7 Å². The highest BCUT2D eigenvalue weighted by atomic mass is 32.1. The number of pyridine rings is 1. The molecule has 1 aliphatic heterocycles. The fourth-order valence-corrected chi connectivity index (χ4v) is 4.04. The summed E-state index contributed by atoms with van der Waals surface area (Å²) in [7, 11) is 0. The molecule has 0 N–H and O–H groups in total. The highest BCUT2D eigenvalue weighted by molar-refractivity contribution is 7.14. The predicted octanol–water partition coefficient (Wildman–Crippen LogP) is 2.97. The van der Waals surface area contributed by atoms with Crippen LogP contribution >= 0.6 is 11.3 Å². The Hall–Kier alpha value is -1.72. The number of hydrogen-bond acceptors (Lipinski definition) is 4. The van der Waals surface area contributed by atoms with Crippen molar-refractivity contribution in [1.82, 2.24) is 14.8 Å². The quantitative estimate of drug-likeness (QED) is 0.865. The van der Waals surface area contributed by atoms with Crippen LogP contribution in [-0.2, 0) is 13.0 Å². The molecule has 0 atom stereocenters. The average Bonchev–Trinajstić information content (AvgIpc) is 2.97. The molecule has 3 rings (SSSR count). The number of piperazine rings is 1. The molecular formula is C18H23N3OS. The third-order valence-electron chi connectivity index (χ3n) is 4.32. The Balaban J connectivity index is 1.56. The molecule has 5 heteroatoms. The minimum atomic E-state index is 0.190. The van der Waals surface area contributed by atoms with E-state index in [-0.39, 0.29) is 5.91 Å². The third kappa shape index (κ3) is 3.79.